The highest BCUT2D eigenvalue weighted by Crippen LogP contribution is 2.28. The first-order valence-electron chi connectivity index (χ1n) is 8.12. The summed E-state index contributed by atoms with van der Waals surface area (Å²) in [6.45, 7) is 3.64. The predicted octanol–water partition coefficient (Wildman–Crippen LogP) is 4.34. The molecule has 0 aliphatic rings. The quantitative estimate of drug-likeness (QED) is 0.600. The van der Waals surface area contributed by atoms with Crippen molar-refractivity contribution >= 4 is 6.08 Å². The number of allylic oxidation sites excluding steroid dienone is 1. The number of hydrogen-bond acceptors (Lipinski definition) is 4. The van der Waals surface area contributed by atoms with E-state index in [9.17, 15) is 4.39 Å². The van der Waals surface area contributed by atoms with Gasteiger partial charge in [-0.2, -0.15) is 0 Å². The van der Waals surface area contributed by atoms with Gasteiger partial charge in [0.1, 0.15) is 24.8 Å². The lowest BCUT2D eigenvalue weighted by Crippen LogP contribution is -2.12. The van der Waals surface area contributed by atoms with Gasteiger partial charge in [-0.05, 0) is 48.9 Å². The van der Waals surface area contributed by atoms with Crippen molar-refractivity contribution in [3.8, 4) is 17.2 Å². The van der Waals surface area contributed by atoms with Gasteiger partial charge in [-0.3, -0.25) is 0 Å². The second kappa shape index (κ2) is 10.4. The van der Waals surface area contributed by atoms with Crippen LogP contribution in [0.25, 0.3) is 6.08 Å². The maximum Gasteiger partial charge on any atom is 0.161 e. The molecule has 0 saturated carbocycles. The molecule has 0 atom stereocenters. The average Bonchev–Trinajstić information content (AvgIpc) is 2.63. The van der Waals surface area contributed by atoms with Crippen molar-refractivity contribution in [3.63, 3.8) is 0 Å². The lowest BCUT2D eigenvalue weighted by atomic mass is 10.2. The van der Waals surface area contributed by atoms with Crippen LogP contribution in [0.15, 0.2) is 48.5 Å². The third-order valence-electron chi connectivity index (χ3n) is 3.34. The Kier molecular flexibility index (Phi) is 7.79. The van der Waals surface area contributed by atoms with Gasteiger partial charge in [0.15, 0.2) is 11.5 Å². The minimum Gasteiger partial charge on any atom is -0.493 e. The Bertz CT molecular complexity index is 668. The number of rotatable bonds is 10. The lowest BCUT2D eigenvalue weighted by Gasteiger charge is -2.12. The van der Waals surface area contributed by atoms with E-state index in [0.29, 0.717) is 43.7 Å². The zero-order chi connectivity index (χ0) is 17.9. The van der Waals surface area contributed by atoms with Crippen molar-refractivity contribution in [1.29, 1.82) is 0 Å². The molecule has 0 fully saturated rings. The normalized spacial score (nSPS) is 10.8. The third-order valence-corrected chi connectivity index (χ3v) is 3.34. The van der Waals surface area contributed by atoms with Gasteiger partial charge in [0.25, 0.3) is 0 Å². The molecule has 0 saturated heterocycles. The van der Waals surface area contributed by atoms with Crippen molar-refractivity contribution in [2.24, 2.45) is 0 Å². The first kappa shape index (κ1) is 18.8. The Morgan fingerprint density at radius 3 is 2.28 bits per heavy atom. The van der Waals surface area contributed by atoms with Gasteiger partial charge in [-0.25, -0.2) is 4.39 Å². The van der Waals surface area contributed by atoms with Crippen LogP contribution in [-0.2, 0) is 4.74 Å². The van der Waals surface area contributed by atoms with Crippen molar-refractivity contribution in [2.75, 3.05) is 33.5 Å². The van der Waals surface area contributed by atoms with Gasteiger partial charge in [0.05, 0.1) is 20.3 Å². The Labute approximate surface area is 147 Å². The minimum atomic E-state index is -0.282. The summed E-state index contributed by atoms with van der Waals surface area (Å²) >= 11 is 0. The van der Waals surface area contributed by atoms with Gasteiger partial charge in [0.2, 0.25) is 0 Å². The maximum atomic E-state index is 12.8. The highest BCUT2D eigenvalue weighted by atomic mass is 19.1. The number of halogens is 1. The smallest absolute Gasteiger partial charge is 0.161 e. The fraction of sp³-hybridized carbons (Fsp3) is 0.300. The number of ether oxygens (including phenoxy) is 4. The molecule has 2 rings (SSSR count). The SMILES string of the molecule is CC=Cc1ccc(OCCOCCOc2ccc(F)cc2)c(OC)c1. The molecule has 4 nitrogen and oxygen atoms in total. The van der Waals surface area contributed by atoms with E-state index in [-0.39, 0.29) is 5.82 Å². The van der Waals surface area contributed by atoms with Crippen molar-refractivity contribution in [1.82, 2.24) is 0 Å². The summed E-state index contributed by atoms with van der Waals surface area (Å²) in [6, 6.07) is 11.7. The van der Waals surface area contributed by atoms with Gasteiger partial charge in [-0.15, -0.1) is 0 Å². The molecule has 2 aromatic rings. The Morgan fingerprint density at radius 1 is 0.880 bits per heavy atom. The Hall–Kier alpha value is -2.53. The van der Waals surface area contributed by atoms with Crippen LogP contribution in [0.4, 0.5) is 4.39 Å². The summed E-state index contributed by atoms with van der Waals surface area (Å²) in [5, 5.41) is 0. The largest absolute Gasteiger partial charge is 0.493 e. The monoisotopic (exact) mass is 346 g/mol. The molecule has 0 aliphatic carbocycles. The molecule has 0 amide bonds. The molecule has 5 heteroatoms. The van der Waals surface area contributed by atoms with E-state index in [1.165, 1.54) is 12.1 Å². The molecule has 0 spiro atoms. The molecule has 0 aromatic heterocycles. The summed E-state index contributed by atoms with van der Waals surface area (Å²) in [4.78, 5) is 0. The van der Waals surface area contributed by atoms with Crippen LogP contribution in [0.2, 0.25) is 0 Å². The van der Waals surface area contributed by atoms with Crippen LogP contribution in [0, 0.1) is 5.82 Å². The molecule has 0 aliphatic heterocycles. The molecule has 0 radical (unpaired) electrons. The molecule has 25 heavy (non-hydrogen) atoms. The van der Waals surface area contributed by atoms with Crippen LogP contribution < -0.4 is 14.2 Å². The van der Waals surface area contributed by atoms with E-state index in [1.807, 2.05) is 37.3 Å². The van der Waals surface area contributed by atoms with Gasteiger partial charge >= 0.3 is 0 Å². The summed E-state index contributed by atoms with van der Waals surface area (Å²) < 4.78 is 34.7. The van der Waals surface area contributed by atoms with Crippen molar-refractivity contribution in [3.05, 3.63) is 59.9 Å². The molecule has 0 unspecified atom stereocenters. The maximum absolute atomic E-state index is 12.8. The summed E-state index contributed by atoms with van der Waals surface area (Å²) in [6.07, 6.45) is 3.97. The first-order valence-corrected chi connectivity index (χ1v) is 8.12. The highest BCUT2D eigenvalue weighted by Gasteiger charge is 2.04. The lowest BCUT2D eigenvalue weighted by molar-refractivity contribution is 0.0757. The van der Waals surface area contributed by atoms with E-state index in [1.54, 1.807) is 19.2 Å². The number of benzene rings is 2. The first-order chi connectivity index (χ1) is 12.2. The van der Waals surface area contributed by atoms with Crippen molar-refractivity contribution in [2.45, 2.75) is 6.92 Å². The van der Waals surface area contributed by atoms with Crippen LogP contribution in [-0.4, -0.2) is 33.5 Å². The Balaban J connectivity index is 1.65. The summed E-state index contributed by atoms with van der Waals surface area (Å²) in [5.74, 6) is 1.71. The molecule has 0 heterocycles. The fourth-order valence-corrected chi connectivity index (χ4v) is 2.16. The van der Waals surface area contributed by atoms with Crippen molar-refractivity contribution < 1.29 is 23.3 Å². The van der Waals surface area contributed by atoms with Gasteiger partial charge in [0, 0.05) is 0 Å². The zero-order valence-electron chi connectivity index (χ0n) is 14.5. The van der Waals surface area contributed by atoms with E-state index in [2.05, 4.69) is 0 Å². The van der Waals surface area contributed by atoms with Crippen LogP contribution in [0.1, 0.15) is 12.5 Å². The standard InChI is InChI=1S/C20H23FO4/c1-3-4-16-5-10-19(20(15-16)22-2)25-14-12-23-11-13-24-18-8-6-17(21)7-9-18/h3-10,15H,11-14H2,1-2H3. The molecule has 134 valence electrons. The molecule has 0 N–H and O–H groups in total. The van der Waals surface area contributed by atoms with E-state index < -0.39 is 0 Å². The third kappa shape index (κ3) is 6.47. The second-order valence-corrected chi connectivity index (χ2v) is 5.17. The van der Waals surface area contributed by atoms with Crippen LogP contribution in [0.3, 0.4) is 0 Å². The van der Waals surface area contributed by atoms with Crippen LogP contribution in [0.5, 0.6) is 17.2 Å². The molecular formula is C20H23FO4. The zero-order valence-corrected chi connectivity index (χ0v) is 14.5. The second-order valence-electron chi connectivity index (χ2n) is 5.17. The average molecular weight is 346 g/mol. The number of methoxy groups -OCH3 is 1. The highest BCUT2D eigenvalue weighted by molar-refractivity contribution is 5.55. The summed E-state index contributed by atoms with van der Waals surface area (Å²) in [5.41, 5.74) is 1.06. The molecule has 2 aromatic carbocycles. The Morgan fingerprint density at radius 2 is 1.60 bits per heavy atom. The predicted molar refractivity (Wildman–Crippen MR) is 95.9 cm³/mol. The van der Waals surface area contributed by atoms with Gasteiger partial charge in [-0.1, -0.05) is 18.2 Å². The molecule has 0 bridgehead atoms. The molecular weight excluding hydrogens is 323 g/mol. The van der Waals surface area contributed by atoms with Crippen LogP contribution >= 0.6 is 0 Å². The van der Waals surface area contributed by atoms with E-state index >= 15 is 0 Å². The minimum absolute atomic E-state index is 0.282. The fourth-order valence-electron chi connectivity index (χ4n) is 2.16. The number of hydrogen-bond donors (Lipinski definition) is 0. The van der Waals surface area contributed by atoms with Gasteiger partial charge < -0.3 is 18.9 Å². The topological polar surface area (TPSA) is 36.9 Å². The van der Waals surface area contributed by atoms with E-state index in [0.717, 1.165) is 5.56 Å². The van der Waals surface area contributed by atoms with E-state index in [4.69, 9.17) is 18.9 Å². The summed E-state index contributed by atoms with van der Waals surface area (Å²) in [7, 11) is 1.62.